The van der Waals surface area contributed by atoms with Gasteiger partial charge in [-0.3, -0.25) is 4.79 Å². The zero-order chi connectivity index (χ0) is 19.5. The number of esters is 1. The molecule has 1 amide bonds. The molecule has 2 atom stereocenters. The van der Waals surface area contributed by atoms with Crippen LogP contribution in [0.3, 0.4) is 0 Å². The van der Waals surface area contributed by atoms with E-state index in [9.17, 15) is 18.0 Å². The summed E-state index contributed by atoms with van der Waals surface area (Å²) in [5.41, 5.74) is -0.210. The molecule has 1 saturated carbocycles. The van der Waals surface area contributed by atoms with Crippen molar-refractivity contribution < 1.29 is 27.5 Å². The fraction of sp³-hybridized carbons (Fsp3) is 0.444. The van der Waals surface area contributed by atoms with Crippen molar-refractivity contribution in [1.82, 2.24) is 4.72 Å². The van der Waals surface area contributed by atoms with Gasteiger partial charge in [0.05, 0.1) is 16.9 Å². The molecule has 0 spiro atoms. The Morgan fingerprint density at radius 1 is 1.42 bits per heavy atom. The maximum absolute atomic E-state index is 12.5. The Balaban J connectivity index is 2.08. The first-order chi connectivity index (χ1) is 12.1. The molecular formula is C18H23NO6S. The van der Waals surface area contributed by atoms with Gasteiger partial charge in [-0.1, -0.05) is 13.0 Å². The number of carbonyl (C=O) groups excluding carboxylic acids is 2. The number of sulfonamides is 1. The smallest absolute Gasteiger partial charge is 0.344 e. The molecule has 7 nitrogen and oxygen atoms in total. The molecule has 0 saturated heterocycles. The van der Waals surface area contributed by atoms with Gasteiger partial charge in [-0.05, 0) is 49.9 Å². The van der Waals surface area contributed by atoms with Gasteiger partial charge in [0.2, 0.25) is 5.91 Å². The number of amides is 1. The van der Waals surface area contributed by atoms with Crippen LogP contribution < -0.4 is 9.46 Å². The molecule has 0 heterocycles. The topological polar surface area (TPSA) is 98.8 Å². The molecule has 0 unspecified atom stereocenters. The van der Waals surface area contributed by atoms with Gasteiger partial charge in [-0.2, -0.15) is 0 Å². The fourth-order valence-corrected chi connectivity index (χ4v) is 3.76. The van der Waals surface area contributed by atoms with Crippen LogP contribution in [0.2, 0.25) is 0 Å². The van der Waals surface area contributed by atoms with E-state index in [-0.39, 0.29) is 24.0 Å². The van der Waals surface area contributed by atoms with E-state index in [1.165, 1.54) is 18.2 Å². The van der Waals surface area contributed by atoms with Gasteiger partial charge in [0, 0.05) is 0 Å². The molecule has 1 aromatic carbocycles. The number of benzene rings is 1. The average Bonchev–Trinajstić information content (AvgIpc) is 3.26. The van der Waals surface area contributed by atoms with Crippen molar-refractivity contribution in [2.75, 3.05) is 13.2 Å². The zero-order valence-corrected chi connectivity index (χ0v) is 15.9. The van der Waals surface area contributed by atoms with Crippen LogP contribution >= 0.6 is 0 Å². The Labute approximate surface area is 153 Å². The maximum atomic E-state index is 12.5. The standard InChI is InChI=1S/C18H23NO6S/c1-5-13-10-18(13,4)17(21)19-26(22,23)14-7-8-15(12(3)9-14)25-11-16(20)24-6-2/h5,7-9,13H,1,6,10-11H2,2-4H3,(H,19,21)/t13-,18+/m1/s1. The molecule has 1 N–H and O–H groups in total. The predicted octanol–water partition coefficient (Wildman–Crippen LogP) is 1.95. The SMILES string of the molecule is C=C[C@@H]1C[C@]1(C)C(=O)NS(=O)(=O)c1ccc(OCC(=O)OCC)c(C)c1. The fourth-order valence-electron chi connectivity index (χ4n) is 2.59. The number of rotatable bonds is 8. The lowest BCUT2D eigenvalue weighted by atomic mass is 10.1. The second-order valence-electron chi connectivity index (χ2n) is 6.42. The summed E-state index contributed by atoms with van der Waals surface area (Å²) in [7, 11) is -3.99. The lowest BCUT2D eigenvalue weighted by Crippen LogP contribution is -2.36. The Kier molecular flexibility index (Phi) is 5.75. The van der Waals surface area contributed by atoms with Crippen LogP contribution in [0.1, 0.15) is 25.8 Å². The number of hydrogen-bond acceptors (Lipinski definition) is 6. The summed E-state index contributed by atoms with van der Waals surface area (Å²) >= 11 is 0. The third-order valence-corrected chi connectivity index (χ3v) is 5.77. The molecule has 26 heavy (non-hydrogen) atoms. The van der Waals surface area contributed by atoms with Crippen LogP contribution in [0.25, 0.3) is 0 Å². The predicted molar refractivity (Wildman–Crippen MR) is 95.0 cm³/mol. The Morgan fingerprint density at radius 2 is 2.12 bits per heavy atom. The number of ether oxygens (including phenoxy) is 2. The summed E-state index contributed by atoms with van der Waals surface area (Å²) in [6.07, 6.45) is 2.24. The molecular weight excluding hydrogens is 358 g/mol. The normalized spacial score (nSPS) is 21.6. The molecule has 8 heteroatoms. The molecule has 0 radical (unpaired) electrons. The molecule has 0 aliphatic heterocycles. The van der Waals surface area contributed by atoms with Gasteiger partial charge in [0.15, 0.2) is 6.61 Å². The van der Waals surface area contributed by atoms with Crippen molar-refractivity contribution >= 4 is 21.9 Å². The summed E-state index contributed by atoms with van der Waals surface area (Å²) in [4.78, 5) is 23.5. The van der Waals surface area contributed by atoms with Gasteiger partial charge >= 0.3 is 5.97 Å². The highest BCUT2D eigenvalue weighted by Crippen LogP contribution is 2.53. The van der Waals surface area contributed by atoms with E-state index in [0.29, 0.717) is 17.7 Å². The van der Waals surface area contributed by atoms with E-state index in [4.69, 9.17) is 9.47 Å². The molecule has 0 aromatic heterocycles. The number of aryl methyl sites for hydroxylation is 1. The highest BCUT2D eigenvalue weighted by molar-refractivity contribution is 7.90. The van der Waals surface area contributed by atoms with Crippen LogP contribution in [0.15, 0.2) is 35.7 Å². The van der Waals surface area contributed by atoms with Gasteiger partial charge in [-0.25, -0.2) is 17.9 Å². The van der Waals surface area contributed by atoms with Crippen LogP contribution in [0, 0.1) is 18.3 Å². The summed E-state index contributed by atoms with van der Waals surface area (Å²) in [6, 6.07) is 4.15. The number of hydrogen-bond donors (Lipinski definition) is 1. The van der Waals surface area contributed by atoms with E-state index < -0.39 is 27.3 Å². The molecule has 1 aliphatic carbocycles. The number of carbonyl (C=O) groups is 2. The highest BCUT2D eigenvalue weighted by Gasteiger charge is 2.55. The average molecular weight is 381 g/mol. The number of allylic oxidation sites excluding steroid dienone is 1. The quantitative estimate of drug-likeness (QED) is 0.546. The van der Waals surface area contributed by atoms with Crippen LogP contribution in [-0.2, 0) is 24.3 Å². The minimum Gasteiger partial charge on any atom is -0.482 e. The van der Waals surface area contributed by atoms with E-state index in [1.54, 1.807) is 26.8 Å². The van der Waals surface area contributed by atoms with Gasteiger partial charge in [-0.15, -0.1) is 6.58 Å². The maximum Gasteiger partial charge on any atom is 0.344 e. The third kappa shape index (κ3) is 4.24. The Morgan fingerprint density at radius 3 is 2.65 bits per heavy atom. The van der Waals surface area contributed by atoms with Crippen LogP contribution in [0.4, 0.5) is 0 Å². The molecule has 2 rings (SSSR count). The van der Waals surface area contributed by atoms with Gasteiger partial charge < -0.3 is 9.47 Å². The first-order valence-corrected chi connectivity index (χ1v) is 9.71. The van der Waals surface area contributed by atoms with Crippen molar-refractivity contribution in [1.29, 1.82) is 0 Å². The minimum absolute atomic E-state index is 0.0157. The van der Waals surface area contributed by atoms with Gasteiger partial charge in [0.1, 0.15) is 5.75 Å². The van der Waals surface area contributed by atoms with E-state index in [1.807, 2.05) is 0 Å². The summed E-state index contributed by atoms with van der Waals surface area (Å²) in [6.45, 7) is 8.68. The van der Waals surface area contributed by atoms with Crippen molar-refractivity contribution in [2.24, 2.45) is 11.3 Å². The van der Waals surface area contributed by atoms with Crippen LogP contribution in [0.5, 0.6) is 5.75 Å². The molecule has 0 bridgehead atoms. The second kappa shape index (κ2) is 7.49. The highest BCUT2D eigenvalue weighted by atomic mass is 32.2. The third-order valence-electron chi connectivity index (χ3n) is 4.44. The largest absolute Gasteiger partial charge is 0.482 e. The summed E-state index contributed by atoms with van der Waals surface area (Å²) < 4.78 is 37.1. The van der Waals surface area contributed by atoms with Crippen molar-refractivity contribution in [3.05, 3.63) is 36.4 Å². The van der Waals surface area contributed by atoms with E-state index >= 15 is 0 Å². The van der Waals surface area contributed by atoms with Crippen molar-refractivity contribution in [3.8, 4) is 5.75 Å². The lowest BCUT2D eigenvalue weighted by molar-refractivity contribution is -0.145. The van der Waals surface area contributed by atoms with Crippen molar-refractivity contribution in [2.45, 2.75) is 32.1 Å². The second-order valence-corrected chi connectivity index (χ2v) is 8.10. The first-order valence-electron chi connectivity index (χ1n) is 8.23. The monoisotopic (exact) mass is 381 g/mol. The van der Waals surface area contributed by atoms with E-state index in [0.717, 1.165) is 0 Å². The summed E-state index contributed by atoms with van der Waals surface area (Å²) in [5.74, 6) is -0.699. The lowest BCUT2D eigenvalue weighted by Gasteiger charge is -2.13. The molecule has 142 valence electrons. The van der Waals surface area contributed by atoms with Gasteiger partial charge in [0.25, 0.3) is 10.0 Å². The molecule has 1 aliphatic rings. The van der Waals surface area contributed by atoms with Crippen LogP contribution in [-0.4, -0.2) is 33.5 Å². The van der Waals surface area contributed by atoms with Crippen molar-refractivity contribution in [3.63, 3.8) is 0 Å². The summed E-state index contributed by atoms with van der Waals surface area (Å²) in [5, 5.41) is 0. The minimum atomic E-state index is -3.99. The zero-order valence-electron chi connectivity index (χ0n) is 15.1. The van der Waals surface area contributed by atoms with E-state index in [2.05, 4.69) is 11.3 Å². The Bertz CT molecular complexity index is 832. The molecule has 1 aromatic rings. The molecule has 1 fully saturated rings. The number of nitrogens with one attached hydrogen (secondary N) is 1. The first kappa shape index (κ1) is 20.0. The Hall–Kier alpha value is -2.35.